The van der Waals surface area contributed by atoms with E-state index in [-0.39, 0.29) is 22.6 Å². The Kier molecular flexibility index (Phi) is 35.7. The van der Waals surface area contributed by atoms with Gasteiger partial charge in [0.05, 0.1) is 18.3 Å². The van der Waals surface area contributed by atoms with Gasteiger partial charge in [-0.05, 0) is 0 Å². The molecule has 0 aromatic heterocycles. The van der Waals surface area contributed by atoms with E-state index in [1.807, 2.05) is 0 Å². The first-order chi connectivity index (χ1) is 5.18. The number of thiol groups is 1. The number of thiocarbonyl (C=S) groups is 1. The van der Waals surface area contributed by atoms with Crippen LogP contribution in [0.3, 0.4) is 0 Å². The van der Waals surface area contributed by atoms with E-state index in [9.17, 15) is 4.21 Å². The van der Waals surface area contributed by atoms with Gasteiger partial charge in [-0.3, -0.25) is 4.21 Å². The van der Waals surface area contributed by atoms with Gasteiger partial charge < -0.3 is 16.6 Å². The molecule has 0 heterocycles. The van der Waals surface area contributed by atoms with Crippen molar-refractivity contribution in [3.63, 3.8) is 0 Å². The molecule has 0 rings (SSSR count). The maximum absolute atomic E-state index is 9.34. The predicted octanol–water partition coefficient (Wildman–Crippen LogP) is -2.01. The Morgan fingerprint density at radius 2 is 1.82 bits per heavy atom. The predicted molar refractivity (Wildman–Crippen MR) is 43.1 cm³/mol. The number of aliphatic hydroxyl groups excluding tert-OH is 1. The first-order valence-electron chi connectivity index (χ1n) is 2.29. The Hall–Kier alpha value is 0.448. The topological polar surface area (TPSA) is 106 Å². The molecular formula is C3H10MoN2O3S2. The van der Waals surface area contributed by atoms with Crippen LogP contribution in [0.5, 0.6) is 0 Å². The summed E-state index contributed by atoms with van der Waals surface area (Å²) in [7, 11) is 0. The van der Waals surface area contributed by atoms with Crippen LogP contribution >= 0.6 is 12.2 Å². The molecule has 0 aliphatic heterocycles. The van der Waals surface area contributed by atoms with Crippen molar-refractivity contribution >= 4 is 28.2 Å². The number of nitrogens with two attached hydrogens (primary N) is 2. The number of rotatable bonds is 1. The maximum atomic E-state index is 9.34. The van der Waals surface area contributed by atoms with Gasteiger partial charge >= 0.3 is 23.2 Å². The van der Waals surface area contributed by atoms with Crippen LogP contribution in [0, 0.1) is 0 Å². The van der Waals surface area contributed by atoms with Crippen LogP contribution in [0.15, 0.2) is 0 Å². The Balaban J connectivity index is -0.0000000965. The van der Waals surface area contributed by atoms with E-state index in [0.717, 1.165) is 0 Å². The summed E-state index contributed by atoms with van der Waals surface area (Å²) in [4.78, 5) is 0. The van der Waals surface area contributed by atoms with E-state index in [4.69, 9.17) is 20.0 Å². The zero-order valence-electron chi connectivity index (χ0n) is 5.60. The number of hydrogen-bond acceptors (Lipinski definition) is 5. The summed E-state index contributed by atoms with van der Waals surface area (Å²) in [6, 6.07) is 0. The fourth-order valence-electron chi connectivity index (χ4n) is 0. The zero-order chi connectivity index (χ0) is 9.70. The molecule has 0 amide bonds. The Morgan fingerprint density at radius 1 is 1.64 bits per heavy atom. The van der Waals surface area contributed by atoms with Crippen LogP contribution in [-0.2, 0) is 34.8 Å². The molecule has 0 aliphatic rings. The fourth-order valence-corrected chi connectivity index (χ4v) is 0. The third-order valence-electron chi connectivity index (χ3n) is 0.219. The van der Waals surface area contributed by atoms with E-state index in [1.165, 1.54) is 0 Å². The van der Waals surface area contributed by atoms with Crippen molar-refractivity contribution in [2.24, 2.45) is 11.5 Å². The van der Waals surface area contributed by atoms with Gasteiger partial charge in [0.2, 0.25) is 0 Å². The normalized spacial score (nSPS) is 6.36. The summed E-state index contributed by atoms with van der Waals surface area (Å²) < 4.78 is 17.6. The molecule has 0 aromatic rings. The van der Waals surface area contributed by atoms with Gasteiger partial charge in [0, 0.05) is 6.54 Å². The molecule has 0 spiro atoms. The number of hydrogen-bond donors (Lipinski definition) is 4. The summed E-state index contributed by atoms with van der Waals surface area (Å²) >= 11 is 4.61. The average molecular weight is 282 g/mol. The van der Waals surface area contributed by atoms with Gasteiger partial charge in [0.15, 0.2) is 4.32 Å². The van der Waals surface area contributed by atoms with Crippen LogP contribution in [-0.4, -0.2) is 26.8 Å². The summed E-state index contributed by atoms with van der Waals surface area (Å²) in [5, 5.41) is 7.75. The molecule has 0 atom stereocenters. The molecule has 0 bridgehead atoms. The first-order valence-corrected chi connectivity index (χ1v) is 4.33. The summed E-state index contributed by atoms with van der Waals surface area (Å²) in [6.07, 6.45) is 0. The molecule has 0 saturated heterocycles. The Morgan fingerprint density at radius 3 is 1.82 bits per heavy atom. The van der Waals surface area contributed by atoms with Crippen molar-refractivity contribution in [1.82, 2.24) is 0 Å². The van der Waals surface area contributed by atoms with Crippen molar-refractivity contribution in [2.75, 3.05) is 13.2 Å². The SMILES string of the molecule is NC(=S)[SH]=O.NCCO.[O]=[Mo]. The second-order valence-corrected chi connectivity index (χ2v) is 2.35. The van der Waals surface area contributed by atoms with E-state index in [0.29, 0.717) is 26.3 Å². The molecular weight excluding hydrogens is 272 g/mol. The molecule has 0 aliphatic carbocycles. The molecule has 0 aromatic carbocycles. The Labute approximate surface area is 85.2 Å². The van der Waals surface area contributed by atoms with Crippen molar-refractivity contribution < 1.29 is 32.5 Å². The molecule has 0 radical (unpaired) electrons. The second-order valence-electron chi connectivity index (χ2n) is 0.942. The molecule has 5 N–H and O–H groups in total. The van der Waals surface area contributed by atoms with Crippen LogP contribution < -0.4 is 11.5 Å². The van der Waals surface area contributed by atoms with Crippen LogP contribution in [0.2, 0.25) is 0 Å². The van der Waals surface area contributed by atoms with Gasteiger partial charge in [-0.15, -0.1) is 0 Å². The minimum atomic E-state index is -0.244. The standard InChI is InChI=1S/C2H7NO.CH3NOS2.Mo.O/c3-1-2-4;2-1(4)5-3;;/h4H,1-3H2;5H,(H2,2,4);;. The van der Waals surface area contributed by atoms with Crippen molar-refractivity contribution in [3.05, 3.63) is 0 Å². The average Bonchev–Trinajstić information content (AvgIpc) is 2.08. The first kappa shape index (κ1) is 17.5. The molecule has 0 fully saturated rings. The third-order valence-corrected chi connectivity index (χ3v) is 0.623. The van der Waals surface area contributed by atoms with Crippen molar-refractivity contribution in [3.8, 4) is 0 Å². The van der Waals surface area contributed by atoms with E-state index in [1.54, 1.807) is 0 Å². The van der Waals surface area contributed by atoms with Gasteiger partial charge in [0.25, 0.3) is 0 Å². The summed E-state index contributed by atoms with van der Waals surface area (Å²) in [5.74, 6) is 0. The van der Waals surface area contributed by atoms with Gasteiger partial charge in [-0.2, -0.15) is 0 Å². The molecule has 68 valence electrons. The van der Waals surface area contributed by atoms with Gasteiger partial charge in [0.1, 0.15) is 0 Å². The molecule has 8 heteroatoms. The van der Waals surface area contributed by atoms with Crippen LogP contribution in [0.4, 0.5) is 0 Å². The monoisotopic (exact) mass is 284 g/mol. The van der Waals surface area contributed by atoms with Gasteiger partial charge in [-0.25, -0.2) is 0 Å². The van der Waals surface area contributed by atoms with E-state index < -0.39 is 0 Å². The van der Waals surface area contributed by atoms with E-state index >= 15 is 0 Å². The number of aliphatic hydroxyl groups is 1. The molecule has 0 saturated carbocycles. The second kappa shape index (κ2) is 22.4. The fraction of sp³-hybridized carbons (Fsp3) is 0.667. The zero-order valence-corrected chi connectivity index (χ0v) is 9.31. The van der Waals surface area contributed by atoms with Crippen LogP contribution in [0.25, 0.3) is 0 Å². The summed E-state index contributed by atoms with van der Waals surface area (Å²) in [6.45, 7) is 0.472. The molecule has 0 unspecified atom stereocenters. The summed E-state index contributed by atoms with van der Waals surface area (Å²) in [5.41, 5.74) is 9.48. The quantitative estimate of drug-likeness (QED) is 0.252. The van der Waals surface area contributed by atoms with Crippen molar-refractivity contribution in [1.29, 1.82) is 0 Å². The molecule has 5 nitrogen and oxygen atoms in total. The third kappa shape index (κ3) is 62.7. The van der Waals surface area contributed by atoms with Crippen molar-refractivity contribution in [2.45, 2.75) is 0 Å². The van der Waals surface area contributed by atoms with E-state index in [2.05, 4.69) is 12.2 Å². The van der Waals surface area contributed by atoms with Gasteiger partial charge in [-0.1, -0.05) is 12.2 Å². The minimum absolute atomic E-state index is 0.00463. The Bertz CT molecular complexity index is 103. The molecule has 11 heavy (non-hydrogen) atoms. The van der Waals surface area contributed by atoms with Crippen LogP contribution in [0.1, 0.15) is 0 Å².